The van der Waals surface area contributed by atoms with Crippen LogP contribution in [0.25, 0.3) is 0 Å². The summed E-state index contributed by atoms with van der Waals surface area (Å²) in [5, 5.41) is 3.42. The van der Waals surface area contributed by atoms with Gasteiger partial charge in [-0.25, -0.2) is 4.79 Å². The van der Waals surface area contributed by atoms with E-state index in [1.165, 1.54) is 20.3 Å². The molecule has 0 radical (unpaired) electrons. The summed E-state index contributed by atoms with van der Waals surface area (Å²) in [6.45, 7) is 4.14. The Hall–Kier alpha value is -2.38. The summed E-state index contributed by atoms with van der Waals surface area (Å²) in [7, 11) is 3.24. The molecule has 0 spiro atoms. The van der Waals surface area contributed by atoms with Gasteiger partial charge in [0.15, 0.2) is 0 Å². The van der Waals surface area contributed by atoms with Crippen LogP contribution in [0, 0.1) is 0 Å². The minimum atomic E-state index is -0.289. The second kappa shape index (κ2) is 7.93. The highest BCUT2D eigenvalue weighted by Gasteiger charge is 2.24. The maximum absolute atomic E-state index is 12.6. The molecule has 2 aliphatic heterocycles. The van der Waals surface area contributed by atoms with E-state index in [0.29, 0.717) is 18.2 Å². The van der Waals surface area contributed by atoms with Gasteiger partial charge in [0.25, 0.3) is 5.56 Å². The van der Waals surface area contributed by atoms with Crippen molar-refractivity contribution in [2.24, 2.45) is 14.1 Å². The third kappa shape index (κ3) is 3.77. The molecule has 28 heavy (non-hydrogen) atoms. The highest BCUT2D eigenvalue weighted by molar-refractivity contribution is 5.39. The van der Waals surface area contributed by atoms with E-state index in [0.717, 1.165) is 51.3 Å². The number of nitrogens with one attached hydrogen (secondary N) is 1. The van der Waals surface area contributed by atoms with Gasteiger partial charge in [0.1, 0.15) is 5.75 Å². The third-order valence-electron chi connectivity index (χ3n) is 5.88. The molecular weight excluding hydrogens is 356 g/mol. The number of nitrogens with zero attached hydrogens (tertiary/aromatic N) is 3. The van der Waals surface area contributed by atoms with Crippen molar-refractivity contribution >= 4 is 0 Å². The van der Waals surface area contributed by atoms with Crippen LogP contribution in [0.1, 0.15) is 23.1 Å². The van der Waals surface area contributed by atoms with E-state index in [9.17, 15) is 9.59 Å². The Bertz CT molecular complexity index is 973. The van der Waals surface area contributed by atoms with Crippen LogP contribution in [0.3, 0.4) is 0 Å². The lowest BCUT2D eigenvalue weighted by Gasteiger charge is -2.28. The number of hydrogen-bond donors (Lipinski definition) is 1. The van der Waals surface area contributed by atoms with Crippen molar-refractivity contribution in [3.8, 4) is 5.75 Å². The quantitative estimate of drug-likeness (QED) is 0.782. The van der Waals surface area contributed by atoms with Gasteiger partial charge < -0.3 is 14.6 Å². The van der Waals surface area contributed by atoms with Gasteiger partial charge in [0.05, 0.1) is 6.61 Å². The van der Waals surface area contributed by atoms with Gasteiger partial charge in [-0.05, 0) is 36.6 Å². The molecule has 0 bridgehead atoms. The first-order valence-electron chi connectivity index (χ1n) is 9.98. The van der Waals surface area contributed by atoms with E-state index < -0.39 is 0 Å². The second-order valence-corrected chi connectivity index (χ2v) is 7.82. The van der Waals surface area contributed by atoms with Crippen molar-refractivity contribution in [2.75, 3.05) is 26.2 Å². The summed E-state index contributed by atoms with van der Waals surface area (Å²) < 4.78 is 8.28. The van der Waals surface area contributed by atoms with Crippen molar-refractivity contribution in [1.29, 1.82) is 0 Å². The number of aryl methyl sites for hydroxylation is 1. The fraction of sp³-hybridized carbons (Fsp3) is 0.524. The molecule has 1 fully saturated rings. The fourth-order valence-electron chi connectivity index (χ4n) is 4.22. The van der Waals surface area contributed by atoms with Gasteiger partial charge >= 0.3 is 5.69 Å². The first kappa shape index (κ1) is 19.0. The van der Waals surface area contributed by atoms with Gasteiger partial charge in [-0.3, -0.25) is 14.3 Å². The van der Waals surface area contributed by atoms with Crippen LogP contribution in [0.2, 0.25) is 0 Å². The average molecular weight is 384 g/mol. The fourth-order valence-corrected chi connectivity index (χ4v) is 4.22. The first-order chi connectivity index (χ1) is 13.5. The highest BCUT2D eigenvalue weighted by Crippen LogP contribution is 2.26. The van der Waals surface area contributed by atoms with Crippen LogP contribution < -0.4 is 21.3 Å². The molecule has 4 rings (SSSR count). The molecule has 1 saturated heterocycles. The molecule has 0 unspecified atom stereocenters. The van der Waals surface area contributed by atoms with Crippen molar-refractivity contribution in [2.45, 2.75) is 31.8 Å². The van der Waals surface area contributed by atoms with E-state index in [1.54, 1.807) is 20.3 Å². The van der Waals surface area contributed by atoms with Gasteiger partial charge in [-0.1, -0.05) is 12.1 Å². The Balaban J connectivity index is 1.53. The number of aromatic nitrogens is 2. The van der Waals surface area contributed by atoms with Gasteiger partial charge in [0, 0.05) is 58.0 Å². The van der Waals surface area contributed by atoms with Crippen LogP contribution in [0.5, 0.6) is 5.75 Å². The van der Waals surface area contributed by atoms with Crippen LogP contribution in [0.15, 0.2) is 34.0 Å². The molecule has 0 saturated carbocycles. The summed E-state index contributed by atoms with van der Waals surface area (Å²) in [6.07, 6.45) is 4.67. The maximum Gasteiger partial charge on any atom is 0.330 e. The van der Waals surface area contributed by atoms with Crippen LogP contribution in [0.4, 0.5) is 0 Å². The topological polar surface area (TPSA) is 68.5 Å². The lowest BCUT2D eigenvalue weighted by Crippen LogP contribution is -2.43. The van der Waals surface area contributed by atoms with Crippen molar-refractivity contribution in [3.63, 3.8) is 0 Å². The maximum atomic E-state index is 12.6. The Morgan fingerprint density at radius 3 is 2.93 bits per heavy atom. The lowest BCUT2D eigenvalue weighted by molar-refractivity contribution is 0.200. The van der Waals surface area contributed by atoms with Gasteiger partial charge in [0.2, 0.25) is 0 Å². The Kier molecular flexibility index (Phi) is 5.37. The molecule has 1 atom stereocenters. The van der Waals surface area contributed by atoms with Crippen molar-refractivity contribution in [1.82, 2.24) is 19.4 Å². The van der Waals surface area contributed by atoms with E-state index >= 15 is 0 Å². The Morgan fingerprint density at radius 1 is 1.29 bits per heavy atom. The van der Waals surface area contributed by atoms with Crippen LogP contribution in [-0.4, -0.2) is 46.3 Å². The van der Waals surface area contributed by atoms with E-state index in [-0.39, 0.29) is 11.2 Å². The Morgan fingerprint density at radius 2 is 2.14 bits per heavy atom. The molecule has 7 nitrogen and oxygen atoms in total. The molecule has 1 aromatic heterocycles. The number of hydrogen-bond acceptors (Lipinski definition) is 5. The van der Waals surface area contributed by atoms with Crippen molar-refractivity contribution in [3.05, 3.63) is 61.9 Å². The molecule has 1 N–H and O–H groups in total. The number of fused-ring (bicyclic) bond motifs is 1. The zero-order chi connectivity index (χ0) is 19.7. The molecule has 7 heteroatoms. The molecule has 150 valence electrons. The molecule has 0 aliphatic carbocycles. The molecule has 1 aromatic carbocycles. The number of ether oxygens (including phenoxy) is 1. The minimum absolute atomic E-state index is 0.200. The second-order valence-electron chi connectivity index (χ2n) is 7.82. The highest BCUT2D eigenvalue weighted by atomic mass is 16.5. The SMILES string of the molecule is Cn1cc(CN(CCc2ccc3c(c2)CCO3)[C@@H]2CCNC2)c(=O)n(C)c1=O. The molecule has 3 heterocycles. The van der Waals surface area contributed by atoms with E-state index in [1.807, 2.05) is 0 Å². The van der Waals surface area contributed by atoms with E-state index in [4.69, 9.17) is 4.74 Å². The predicted molar refractivity (Wildman–Crippen MR) is 108 cm³/mol. The van der Waals surface area contributed by atoms with Crippen molar-refractivity contribution < 1.29 is 4.74 Å². The summed E-state index contributed by atoms with van der Waals surface area (Å²) in [5.74, 6) is 1.01. The summed E-state index contributed by atoms with van der Waals surface area (Å²) >= 11 is 0. The van der Waals surface area contributed by atoms with Gasteiger partial charge in [-0.2, -0.15) is 0 Å². The van der Waals surface area contributed by atoms with Crippen LogP contribution >= 0.6 is 0 Å². The minimum Gasteiger partial charge on any atom is -0.493 e. The summed E-state index contributed by atoms with van der Waals surface area (Å²) in [4.78, 5) is 26.9. The smallest absolute Gasteiger partial charge is 0.330 e. The normalized spacial score (nSPS) is 18.5. The average Bonchev–Trinajstić information content (AvgIpc) is 3.38. The van der Waals surface area contributed by atoms with E-state index in [2.05, 4.69) is 28.4 Å². The monoisotopic (exact) mass is 384 g/mol. The summed E-state index contributed by atoms with van der Waals surface area (Å²) in [6, 6.07) is 6.86. The molecule has 2 aliphatic rings. The molecular formula is C21H28N4O3. The lowest BCUT2D eigenvalue weighted by atomic mass is 10.1. The Labute approximate surface area is 164 Å². The number of rotatable bonds is 6. The predicted octanol–water partition coefficient (Wildman–Crippen LogP) is 0.426. The zero-order valence-corrected chi connectivity index (χ0v) is 16.6. The largest absolute Gasteiger partial charge is 0.493 e. The summed E-state index contributed by atoms with van der Waals surface area (Å²) in [5.41, 5.74) is 2.77. The third-order valence-corrected chi connectivity index (χ3v) is 5.88. The molecule has 0 amide bonds. The standard InChI is InChI=1S/C21H28N4O3/c1-23-13-17(20(26)24(2)21(23)27)14-25(18-5-8-22-12-18)9-6-15-3-4-19-16(11-15)7-10-28-19/h3-4,11,13,18,22H,5-10,12,14H2,1-2H3/t18-/m1/s1. The number of benzene rings is 1. The van der Waals surface area contributed by atoms with Crippen LogP contribution in [-0.2, 0) is 33.5 Å². The first-order valence-corrected chi connectivity index (χ1v) is 9.98. The molecule has 2 aromatic rings. The zero-order valence-electron chi connectivity index (χ0n) is 16.6. The van der Waals surface area contributed by atoms with Gasteiger partial charge in [-0.15, -0.1) is 0 Å².